The van der Waals surface area contributed by atoms with Gasteiger partial charge in [-0.15, -0.1) is 0 Å². The molecule has 4 nitrogen and oxygen atoms in total. The normalized spacial score (nSPS) is 16.8. The van der Waals surface area contributed by atoms with Gasteiger partial charge < -0.3 is 0 Å². The summed E-state index contributed by atoms with van der Waals surface area (Å²) < 4.78 is 61.1. The lowest BCUT2D eigenvalue weighted by molar-refractivity contribution is -0.137. The Hall–Kier alpha value is -2.45. The van der Waals surface area contributed by atoms with Crippen molar-refractivity contribution in [1.82, 2.24) is 4.98 Å². The molecule has 0 atom stereocenters. The standard InChI is InChI=1S/C19H17F3N2O2S/c1-18(2)9-15(12-3-6-14(7-4-12)19(20,21)22)16(10-18)13-5-8-17(24-11-13)27(23,25)26/h3-11H,1-2H3,(H2,23,25,26). The third-order valence-corrected chi connectivity index (χ3v) is 5.01. The van der Waals surface area contributed by atoms with E-state index in [0.29, 0.717) is 11.1 Å². The summed E-state index contributed by atoms with van der Waals surface area (Å²) in [5.74, 6) is 0. The van der Waals surface area contributed by atoms with Crippen LogP contribution in [0.25, 0.3) is 11.1 Å². The van der Waals surface area contributed by atoms with Gasteiger partial charge in [0.1, 0.15) is 0 Å². The van der Waals surface area contributed by atoms with Crippen molar-refractivity contribution in [2.24, 2.45) is 10.6 Å². The molecule has 3 rings (SSSR count). The number of nitrogens with two attached hydrogens (primary N) is 1. The minimum Gasteiger partial charge on any atom is -0.243 e. The van der Waals surface area contributed by atoms with Crippen LogP contribution in [0.4, 0.5) is 13.2 Å². The summed E-state index contributed by atoms with van der Waals surface area (Å²) in [5.41, 5.74) is 1.79. The Bertz CT molecular complexity index is 1030. The van der Waals surface area contributed by atoms with E-state index >= 15 is 0 Å². The van der Waals surface area contributed by atoms with E-state index in [1.807, 2.05) is 26.0 Å². The molecule has 0 saturated heterocycles. The number of benzene rings is 1. The third-order valence-electron chi connectivity index (χ3n) is 4.18. The van der Waals surface area contributed by atoms with Gasteiger partial charge in [-0.05, 0) is 41.0 Å². The molecular weight excluding hydrogens is 377 g/mol. The molecular formula is C19H17F3N2O2S. The van der Waals surface area contributed by atoms with Crippen LogP contribution in [0, 0.1) is 5.41 Å². The molecule has 0 bridgehead atoms. The molecule has 0 unspecified atom stereocenters. The van der Waals surface area contributed by atoms with Crippen molar-refractivity contribution in [1.29, 1.82) is 0 Å². The molecule has 0 saturated carbocycles. The highest BCUT2D eigenvalue weighted by atomic mass is 32.2. The van der Waals surface area contributed by atoms with E-state index in [9.17, 15) is 21.6 Å². The fourth-order valence-electron chi connectivity index (χ4n) is 2.97. The number of sulfonamides is 1. The summed E-state index contributed by atoms with van der Waals surface area (Å²) in [4.78, 5) is 3.89. The number of primary sulfonamides is 1. The van der Waals surface area contributed by atoms with Gasteiger partial charge in [0, 0.05) is 17.2 Å². The molecule has 0 amide bonds. The second-order valence-electron chi connectivity index (χ2n) is 6.94. The predicted molar refractivity (Wildman–Crippen MR) is 96.8 cm³/mol. The van der Waals surface area contributed by atoms with Crippen molar-refractivity contribution in [2.75, 3.05) is 0 Å². The smallest absolute Gasteiger partial charge is 0.243 e. The molecule has 1 heterocycles. The second-order valence-corrected chi connectivity index (χ2v) is 8.45. The van der Waals surface area contributed by atoms with Crippen molar-refractivity contribution < 1.29 is 21.6 Å². The first-order chi connectivity index (χ1) is 12.4. The molecule has 1 aromatic carbocycles. The number of nitrogens with zero attached hydrogens (tertiary/aromatic N) is 1. The average Bonchev–Trinajstić information content (AvgIpc) is 2.89. The monoisotopic (exact) mass is 394 g/mol. The van der Waals surface area contributed by atoms with Crippen molar-refractivity contribution in [3.8, 4) is 0 Å². The van der Waals surface area contributed by atoms with E-state index in [-0.39, 0.29) is 10.4 Å². The molecule has 1 aliphatic rings. The number of hydrogen-bond donors (Lipinski definition) is 1. The Morgan fingerprint density at radius 1 is 0.926 bits per heavy atom. The molecule has 1 aliphatic carbocycles. The maximum Gasteiger partial charge on any atom is 0.416 e. The molecule has 0 spiro atoms. The van der Waals surface area contributed by atoms with Gasteiger partial charge in [-0.25, -0.2) is 18.5 Å². The second kappa shape index (κ2) is 6.31. The van der Waals surface area contributed by atoms with Crippen LogP contribution in [-0.2, 0) is 16.2 Å². The SMILES string of the molecule is CC1(C)C=C(c2ccc(C(F)(F)F)cc2)C(c2ccc(S(N)(=O)=O)nc2)=C1. The van der Waals surface area contributed by atoms with Gasteiger partial charge in [-0.2, -0.15) is 13.2 Å². The largest absolute Gasteiger partial charge is 0.416 e. The predicted octanol–water partition coefficient (Wildman–Crippen LogP) is 4.25. The van der Waals surface area contributed by atoms with Gasteiger partial charge in [-0.1, -0.05) is 38.1 Å². The molecule has 0 aliphatic heterocycles. The van der Waals surface area contributed by atoms with Crippen molar-refractivity contribution in [2.45, 2.75) is 25.0 Å². The highest BCUT2D eigenvalue weighted by Gasteiger charge is 2.31. The molecule has 2 N–H and O–H groups in total. The number of pyridine rings is 1. The van der Waals surface area contributed by atoms with E-state index in [1.165, 1.54) is 24.4 Å². The van der Waals surface area contributed by atoms with Crippen LogP contribution in [-0.4, -0.2) is 13.4 Å². The van der Waals surface area contributed by atoms with Gasteiger partial charge in [0.15, 0.2) is 5.03 Å². The van der Waals surface area contributed by atoms with Crippen LogP contribution in [0.15, 0.2) is 59.8 Å². The summed E-state index contributed by atoms with van der Waals surface area (Å²) in [7, 11) is -3.90. The topological polar surface area (TPSA) is 73.1 Å². The van der Waals surface area contributed by atoms with Gasteiger partial charge >= 0.3 is 6.18 Å². The number of alkyl halides is 3. The van der Waals surface area contributed by atoms with E-state index < -0.39 is 21.8 Å². The minimum absolute atomic E-state index is 0.246. The average molecular weight is 394 g/mol. The van der Waals surface area contributed by atoms with Crippen LogP contribution >= 0.6 is 0 Å². The van der Waals surface area contributed by atoms with Gasteiger partial charge in [0.25, 0.3) is 10.0 Å². The molecule has 27 heavy (non-hydrogen) atoms. The third kappa shape index (κ3) is 4.12. The fraction of sp³-hybridized carbons (Fsp3) is 0.211. The Kier molecular flexibility index (Phi) is 4.52. The Morgan fingerprint density at radius 3 is 1.89 bits per heavy atom. The zero-order valence-electron chi connectivity index (χ0n) is 14.6. The quantitative estimate of drug-likeness (QED) is 0.846. The molecule has 1 aromatic heterocycles. The Morgan fingerprint density at radius 2 is 1.44 bits per heavy atom. The molecule has 8 heteroatoms. The number of hydrogen-bond acceptors (Lipinski definition) is 3. The molecule has 0 radical (unpaired) electrons. The number of allylic oxidation sites excluding steroid dienone is 4. The highest BCUT2D eigenvalue weighted by molar-refractivity contribution is 7.89. The van der Waals surface area contributed by atoms with Crippen LogP contribution in [0.1, 0.15) is 30.5 Å². The van der Waals surface area contributed by atoms with Crippen molar-refractivity contribution >= 4 is 21.2 Å². The first-order valence-electron chi connectivity index (χ1n) is 8.00. The lowest BCUT2D eigenvalue weighted by Crippen LogP contribution is -2.13. The maximum atomic E-state index is 12.8. The number of rotatable bonds is 3. The van der Waals surface area contributed by atoms with Crippen molar-refractivity contribution in [3.05, 3.63) is 71.4 Å². The summed E-state index contributed by atoms with van der Waals surface area (Å²) >= 11 is 0. The molecule has 142 valence electrons. The number of halogens is 3. The lowest BCUT2D eigenvalue weighted by atomic mass is 9.95. The molecule has 2 aromatic rings. The first-order valence-corrected chi connectivity index (χ1v) is 9.54. The minimum atomic E-state index is -4.39. The Balaban J connectivity index is 2.01. The summed E-state index contributed by atoms with van der Waals surface area (Å²) in [6.45, 7) is 3.94. The van der Waals surface area contributed by atoms with Crippen LogP contribution in [0.5, 0.6) is 0 Å². The highest BCUT2D eigenvalue weighted by Crippen LogP contribution is 2.44. The van der Waals surface area contributed by atoms with Gasteiger partial charge in [0.05, 0.1) is 5.56 Å². The first kappa shape index (κ1) is 19.3. The van der Waals surface area contributed by atoms with Gasteiger partial charge in [0.2, 0.25) is 0 Å². The zero-order chi connectivity index (χ0) is 20.0. The maximum absolute atomic E-state index is 12.8. The Labute approximate surface area is 155 Å². The van der Waals surface area contributed by atoms with E-state index in [1.54, 1.807) is 6.07 Å². The van der Waals surface area contributed by atoms with Crippen LogP contribution in [0.2, 0.25) is 0 Å². The van der Waals surface area contributed by atoms with E-state index in [4.69, 9.17) is 5.14 Å². The summed E-state index contributed by atoms with van der Waals surface area (Å²) in [5, 5.41) is 4.82. The summed E-state index contributed by atoms with van der Waals surface area (Å²) in [6, 6.07) is 7.83. The number of aromatic nitrogens is 1. The molecule has 0 fully saturated rings. The fourth-order valence-corrected chi connectivity index (χ4v) is 3.42. The lowest BCUT2D eigenvalue weighted by Gasteiger charge is -2.12. The van der Waals surface area contributed by atoms with Crippen LogP contribution in [0.3, 0.4) is 0 Å². The van der Waals surface area contributed by atoms with E-state index in [0.717, 1.165) is 23.3 Å². The van der Waals surface area contributed by atoms with Gasteiger partial charge in [-0.3, -0.25) is 0 Å². The van der Waals surface area contributed by atoms with Crippen LogP contribution < -0.4 is 5.14 Å². The summed E-state index contributed by atoms with van der Waals surface area (Å²) in [6.07, 6.45) is 0.922. The van der Waals surface area contributed by atoms with Crippen molar-refractivity contribution in [3.63, 3.8) is 0 Å². The zero-order valence-corrected chi connectivity index (χ0v) is 15.4. The van der Waals surface area contributed by atoms with E-state index in [2.05, 4.69) is 4.98 Å².